The van der Waals surface area contributed by atoms with Gasteiger partial charge in [0.05, 0.1) is 25.0 Å². The number of hydrogen-bond donors (Lipinski definition) is 1. The first kappa shape index (κ1) is 17.8. The Morgan fingerprint density at radius 1 is 1.15 bits per heavy atom. The minimum Gasteiger partial charge on any atom is -0.352 e. The summed E-state index contributed by atoms with van der Waals surface area (Å²) in [6, 6.07) is 7.42. The van der Waals surface area contributed by atoms with E-state index < -0.39 is 5.79 Å². The number of rotatable bonds is 4. The molecule has 2 aliphatic heterocycles. The molecule has 2 atom stereocenters. The highest BCUT2D eigenvalue weighted by Crippen LogP contribution is 2.41. The van der Waals surface area contributed by atoms with Crippen molar-refractivity contribution in [2.75, 3.05) is 26.3 Å². The lowest BCUT2D eigenvalue weighted by atomic mass is 10.0. The Balaban J connectivity index is 1.25. The lowest BCUT2D eigenvalue weighted by Crippen LogP contribution is -2.48. The largest absolute Gasteiger partial charge is 0.352 e. The molecule has 1 aliphatic carbocycles. The fourth-order valence-electron chi connectivity index (χ4n) is 3.80. The van der Waals surface area contributed by atoms with Gasteiger partial charge in [0.1, 0.15) is 0 Å². The molecule has 7 heteroatoms. The molecule has 2 heterocycles. The zero-order valence-electron chi connectivity index (χ0n) is 14.6. The van der Waals surface area contributed by atoms with Crippen LogP contribution in [0.25, 0.3) is 0 Å². The fourth-order valence-corrected chi connectivity index (χ4v) is 4.00. The Hall–Kier alpha value is -1.63. The Morgan fingerprint density at radius 3 is 2.54 bits per heavy atom. The first-order valence-electron chi connectivity index (χ1n) is 9.16. The smallest absolute Gasteiger partial charge is 0.226 e. The molecule has 1 aromatic carbocycles. The van der Waals surface area contributed by atoms with Gasteiger partial charge in [0.2, 0.25) is 11.8 Å². The van der Waals surface area contributed by atoms with Crippen LogP contribution in [0, 0.1) is 11.8 Å². The standard InChI is InChI=1S/C19H23ClN2O4/c20-16-4-2-1-3-13(16)12-21-17(23)14-11-15(14)18(24)22-7-5-19(6-8-22)25-9-10-26-19/h1-4,14-15H,5-12H2,(H,21,23). The van der Waals surface area contributed by atoms with E-state index in [2.05, 4.69) is 5.32 Å². The van der Waals surface area contributed by atoms with E-state index in [4.69, 9.17) is 21.1 Å². The average Bonchev–Trinajstić information content (AvgIpc) is 3.34. The normalized spacial score (nSPS) is 26.7. The number of carbonyl (C=O) groups excluding carboxylic acids is 2. The first-order chi connectivity index (χ1) is 12.6. The number of carbonyl (C=O) groups is 2. The number of ether oxygens (including phenoxy) is 2. The predicted octanol–water partition coefficient (Wildman–Crippen LogP) is 1.96. The van der Waals surface area contributed by atoms with Gasteiger partial charge in [-0.15, -0.1) is 0 Å². The molecule has 0 radical (unpaired) electrons. The molecule has 0 aromatic heterocycles. The molecule has 3 fully saturated rings. The lowest BCUT2D eigenvalue weighted by molar-refractivity contribution is -0.187. The average molecular weight is 379 g/mol. The molecule has 6 nitrogen and oxygen atoms in total. The molecule has 4 rings (SSSR count). The van der Waals surface area contributed by atoms with Crippen molar-refractivity contribution >= 4 is 23.4 Å². The second-order valence-corrected chi connectivity index (χ2v) is 7.60. The Morgan fingerprint density at radius 2 is 1.85 bits per heavy atom. The maximum absolute atomic E-state index is 12.7. The Kier molecular flexibility index (Phi) is 4.90. The van der Waals surface area contributed by atoms with Crippen LogP contribution in [0.4, 0.5) is 0 Å². The summed E-state index contributed by atoms with van der Waals surface area (Å²) in [5.41, 5.74) is 0.879. The van der Waals surface area contributed by atoms with Gasteiger partial charge in [0, 0.05) is 37.5 Å². The molecule has 1 spiro atoms. The molecule has 2 amide bonds. The summed E-state index contributed by atoms with van der Waals surface area (Å²) in [5, 5.41) is 3.53. The van der Waals surface area contributed by atoms with E-state index in [9.17, 15) is 9.59 Å². The number of hydrogen-bond acceptors (Lipinski definition) is 4. The van der Waals surface area contributed by atoms with Crippen molar-refractivity contribution in [3.63, 3.8) is 0 Å². The number of likely N-dealkylation sites (tertiary alicyclic amines) is 1. The van der Waals surface area contributed by atoms with Crippen LogP contribution in [-0.4, -0.2) is 48.8 Å². The highest BCUT2D eigenvalue weighted by atomic mass is 35.5. The molecule has 2 unspecified atom stereocenters. The van der Waals surface area contributed by atoms with Crippen LogP contribution in [0.3, 0.4) is 0 Å². The van der Waals surface area contributed by atoms with Gasteiger partial charge >= 0.3 is 0 Å². The molecular weight excluding hydrogens is 356 g/mol. The molecule has 26 heavy (non-hydrogen) atoms. The van der Waals surface area contributed by atoms with Gasteiger partial charge in [-0.05, 0) is 18.1 Å². The van der Waals surface area contributed by atoms with Gasteiger partial charge in [-0.3, -0.25) is 9.59 Å². The van der Waals surface area contributed by atoms with Gasteiger partial charge in [-0.25, -0.2) is 0 Å². The summed E-state index contributed by atoms with van der Waals surface area (Å²) in [5.74, 6) is -0.887. The molecule has 1 N–H and O–H groups in total. The number of halogens is 1. The predicted molar refractivity (Wildman–Crippen MR) is 95.3 cm³/mol. The van der Waals surface area contributed by atoms with Crippen molar-refractivity contribution in [1.29, 1.82) is 0 Å². The van der Waals surface area contributed by atoms with Crippen LogP contribution in [0.5, 0.6) is 0 Å². The maximum Gasteiger partial charge on any atom is 0.226 e. The first-order valence-corrected chi connectivity index (χ1v) is 9.54. The van der Waals surface area contributed by atoms with Gasteiger partial charge in [0.25, 0.3) is 0 Å². The van der Waals surface area contributed by atoms with Crippen molar-refractivity contribution in [3.05, 3.63) is 34.9 Å². The van der Waals surface area contributed by atoms with E-state index >= 15 is 0 Å². The number of amides is 2. The van der Waals surface area contributed by atoms with Crippen LogP contribution >= 0.6 is 11.6 Å². The molecule has 1 saturated carbocycles. The summed E-state index contributed by atoms with van der Waals surface area (Å²) in [6.45, 7) is 2.90. The summed E-state index contributed by atoms with van der Waals surface area (Å²) < 4.78 is 11.4. The van der Waals surface area contributed by atoms with E-state index in [1.165, 1.54) is 0 Å². The molecule has 2 saturated heterocycles. The van der Waals surface area contributed by atoms with Gasteiger partial charge in [0.15, 0.2) is 5.79 Å². The minimum absolute atomic E-state index is 0.0702. The number of nitrogens with zero attached hydrogens (tertiary/aromatic N) is 1. The van der Waals surface area contributed by atoms with Crippen LogP contribution in [-0.2, 0) is 25.6 Å². The Labute approximate surface area is 157 Å². The third-order valence-corrected chi connectivity index (χ3v) is 5.87. The van der Waals surface area contributed by atoms with Crippen LogP contribution in [0.15, 0.2) is 24.3 Å². The number of benzene rings is 1. The SMILES string of the molecule is O=C(NCc1ccccc1Cl)C1CC1C(=O)N1CCC2(CC1)OCCO2. The van der Waals surface area contributed by atoms with Crippen molar-refractivity contribution in [2.24, 2.45) is 11.8 Å². The topological polar surface area (TPSA) is 67.9 Å². The number of nitrogens with one attached hydrogen (secondary N) is 1. The second kappa shape index (κ2) is 7.18. The Bertz CT molecular complexity index is 695. The van der Waals surface area contributed by atoms with Crippen molar-refractivity contribution in [1.82, 2.24) is 10.2 Å². The minimum atomic E-state index is -0.480. The molecule has 1 aromatic rings. The maximum atomic E-state index is 12.7. The fraction of sp³-hybridized carbons (Fsp3) is 0.579. The third-order valence-electron chi connectivity index (χ3n) is 5.51. The van der Waals surface area contributed by atoms with E-state index in [-0.39, 0.29) is 23.7 Å². The molecular formula is C19H23ClN2O4. The van der Waals surface area contributed by atoms with Gasteiger partial charge in [-0.2, -0.15) is 0 Å². The van der Waals surface area contributed by atoms with Crippen molar-refractivity contribution < 1.29 is 19.1 Å². The van der Waals surface area contributed by atoms with Crippen LogP contribution < -0.4 is 5.32 Å². The highest BCUT2D eigenvalue weighted by molar-refractivity contribution is 6.31. The lowest BCUT2D eigenvalue weighted by Gasteiger charge is -2.37. The van der Waals surface area contributed by atoms with Gasteiger partial charge in [-0.1, -0.05) is 29.8 Å². The monoisotopic (exact) mass is 378 g/mol. The van der Waals surface area contributed by atoms with E-state index in [1.54, 1.807) is 6.07 Å². The van der Waals surface area contributed by atoms with Gasteiger partial charge < -0.3 is 19.7 Å². The zero-order valence-corrected chi connectivity index (χ0v) is 15.3. The quantitative estimate of drug-likeness (QED) is 0.869. The van der Waals surface area contributed by atoms with Crippen molar-refractivity contribution in [2.45, 2.75) is 31.6 Å². The van der Waals surface area contributed by atoms with E-state index in [0.717, 1.165) is 5.56 Å². The van der Waals surface area contributed by atoms with Crippen LogP contribution in [0.1, 0.15) is 24.8 Å². The highest BCUT2D eigenvalue weighted by Gasteiger charge is 2.51. The van der Waals surface area contributed by atoms with Crippen molar-refractivity contribution in [3.8, 4) is 0 Å². The second-order valence-electron chi connectivity index (χ2n) is 7.19. The molecule has 0 bridgehead atoms. The number of piperidine rings is 1. The molecule has 3 aliphatic rings. The third kappa shape index (κ3) is 3.59. The summed E-state index contributed by atoms with van der Waals surface area (Å²) in [4.78, 5) is 26.8. The van der Waals surface area contributed by atoms with E-state index in [1.807, 2.05) is 23.1 Å². The summed E-state index contributed by atoms with van der Waals surface area (Å²) in [7, 11) is 0. The summed E-state index contributed by atoms with van der Waals surface area (Å²) >= 11 is 6.10. The zero-order chi connectivity index (χ0) is 18.1. The van der Waals surface area contributed by atoms with E-state index in [0.29, 0.717) is 57.1 Å². The van der Waals surface area contributed by atoms with Crippen LogP contribution in [0.2, 0.25) is 5.02 Å². The molecule has 140 valence electrons. The summed E-state index contributed by atoms with van der Waals surface area (Å²) in [6.07, 6.45) is 2.03.